The Kier molecular flexibility index (Phi) is 4.33. The average molecular weight is 338 g/mol. The number of benzene rings is 1. The summed E-state index contributed by atoms with van der Waals surface area (Å²) in [6, 6.07) is 10.2. The molecule has 0 radical (unpaired) electrons. The Morgan fingerprint density at radius 2 is 2.04 bits per heavy atom. The molecule has 1 fully saturated rings. The SMILES string of the molecule is Cc1cnn(C)c1CN1CCOCC1c1ncnn1-c1ccccc1. The second kappa shape index (κ2) is 6.78. The Balaban J connectivity index is 1.65. The van der Waals surface area contributed by atoms with Gasteiger partial charge < -0.3 is 4.74 Å². The lowest BCUT2D eigenvalue weighted by Crippen LogP contribution is -2.40. The van der Waals surface area contributed by atoms with E-state index in [0.29, 0.717) is 6.61 Å². The Labute approximate surface area is 146 Å². The number of hydrogen-bond donors (Lipinski definition) is 0. The van der Waals surface area contributed by atoms with Crippen LogP contribution in [0.3, 0.4) is 0 Å². The predicted molar refractivity (Wildman–Crippen MR) is 93.3 cm³/mol. The molecule has 1 saturated heterocycles. The van der Waals surface area contributed by atoms with Crippen LogP contribution in [0.4, 0.5) is 0 Å². The zero-order valence-corrected chi connectivity index (χ0v) is 14.5. The van der Waals surface area contributed by atoms with Crippen molar-refractivity contribution in [1.29, 1.82) is 0 Å². The second-order valence-corrected chi connectivity index (χ2v) is 6.32. The summed E-state index contributed by atoms with van der Waals surface area (Å²) in [4.78, 5) is 6.95. The van der Waals surface area contributed by atoms with Crippen molar-refractivity contribution in [2.45, 2.75) is 19.5 Å². The van der Waals surface area contributed by atoms with Gasteiger partial charge in [0.2, 0.25) is 0 Å². The Hall–Kier alpha value is -2.51. The third-order valence-electron chi connectivity index (χ3n) is 4.74. The van der Waals surface area contributed by atoms with Gasteiger partial charge in [-0.05, 0) is 24.6 Å². The van der Waals surface area contributed by atoms with E-state index in [2.05, 4.69) is 27.0 Å². The van der Waals surface area contributed by atoms with E-state index in [0.717, 1.165) is 31.2 Å². The first-order chi connectivity index (χ1) is 12.2. The molecule has 1 aliphatic heterocycles. The smallest absolute Gasteiger partial charge is 0.151 e. The predicted octanol–water partition coefficient (Wildman–Crippen LogP) is 1.88. The first-order valence-electron chi connectivity index (χ1n) is 8.48. The highest BCUT2D eigenvalue weighted by Crippen LogP contribution is 2.26. The molecule has 0 saturated carbocycles. The van der Waals surface area contributed by atoms with Crippen molar-refractivity contribution < 1.29 is 4.74 Å². The Morgan fingerprint density at radius 3 is 2.80 bits per heavy atom. The van der Waals surface area contributed by atoms with E-state index < -0.39 is 0 Å². The van der Waals surface area contributed by atoms with E-state index >= 15 is 0 Å². The standard InChI is InChI=1S/C18H22N6O/c1-14-10-20-22(2)16(14)11-23-8-9-25-12-17(23)18-19-13-21-24(18)15-6-4-3-5-7-15/h3-7,10,13,17H,8-9,11-12H2,1-2H3. The highest BCUT2D eigenvalue weighted by atomic mass is 16.5. The zero-order valence-electron chi connectivity index (χ0n) is 14.5. The lowest BCUT2D eigenvalue weighted by atomic mass is 10.1. The number of hydrogen-bond acceptors (Lipinski definition) is 5. The quantitative estimate of drug-likeness (QED) is 0.727. The monoisotopic (exact) mass is 338 g/mol. The van der Waals surface area contributed by atoms with Gasteiger partial charge in [0.15, 0.2) is 5.82 Å². The molecule has 0 N–H and O–H groups in total. The lowest BCUT2D eigenvalue weighted by molar-refractivity contribution is -0.0177. The Morgan fingerprint density at radius 1 is 1.20 bits per heavy atom. The molecule has 0 bridgehead atoms. The molecule has 3 heterocycles. The van der Waals surface area contributed by atoms with Crippen LogP contribution in [0, 0.1) is 6.92 Å². The maximum absolute atomic E-state index is 5.76. The van der Waals surface area contributed by atoms with E-state index in [1.54, 1.807) is 6.33 Å². The number of morpholine rings is 1. The molecule has 3 aromatic rings. The van der Waals surface area contributed by atoms with Crippen LogP contribution in [0.25, 0.3) is 5.69 Å². The summed E-state index contributed by atoms with van der Waals surface area (Å²) in [6.07, 6.45) is 3.53. The topological polar surface area (TPSA) is 61.0 Å². The van der Waals surface area contributed by atoms with Crippen molar-refractivity contribution in [3.63, 3.8) is 0 Å². The molecule has 1 unspecified atom stereocenters. The fourth-order valence-corrected chi connectivity index (χ4v) is 3.30. The summed E-state index contributed by atoms with van der Waals surface area (Å²) in [5.74, 6) is 0.908. The van der Waals surface area contributed by atoms with Gasteiger partial charge in [0.25, 0.3) is 0 Å². The van der Waals surface area contributed by atoms with Crippen LogP contribution in [-0.4, -0.2) is 49.2 Å². The molecule has 25 heavy (non-hydrogen) atoms. The molecule has 1 atom stereocenters. The molecule has 1 aromatic carbocycles. The molecule has 7 heteroatoms. The van der Waals surface area contributed by atoms with Gasteiger partial charge in [0, 0.05) is 20.1 Å². The van der Waals surface area contributed by atoms with Gasteiger partial charge in [-0.1, -0.05) is 18.2 Å². The third kappa shape index (κ3) is 3.08. The first kappa shape index (κ1) is 16.0. The van der Waals surface area contributed by atoms with Crippen LogP contribution in [-0.2, 0) is 18.3 Å². The lowest BCUT2D eigenvalue weighted by Gasteiger charge is -2.35. The summed E-state index contributed by atoms with van der Waals surface area (Å²) in [5.41, 5.74) is 3.44. The van der Waals surface area contributed by atoms with Crippen molar-refractivity contribution in [3.8, 4) is 5.69 Å². The third-order valence-corrected chi connectivity index (χ3v) is 4.74. The molecule has 1 aliphatic rings. The van der Waals surface area contributed by atoms with Crippen molar-refractivity contribution in [2.24, 2.45) is 7.05 Å². The largest absolute Gasteiger partial charge is 0.378 e. The molecule has 0 spiro atoms. The minimum atomic E-state index is 0.0609. The summed E-state index contributed by atoms with van der Waals surface area (Å²) < 4.78 is 9.61. The molecule has 0 aliphatic carbocycles. The molecular weight excluding hydrogens is 316 g/mol. The summed E-state index contributed by atoms with van der Waals surface area (Å²) in [7, 11) is 1.99. The summed E-state index contributed by atoms with van der Waals surface area (Å²) >= 11 is 0. The number of aryl methyl sites for hydroxylation is 2. The average Bonchev–Trinajstić information content (AvgIpc) is 3.25. The van der Waals surface area contributed by atoms with Gasteiger partial charge in [-0.3, -0.25) is 9.58 Å². The van der Waals surface area contributed by atoms with Gasteiger partial charge in [-0.25, -0.2) is 9.67 Å². The summed E-state index contributed by atoms with van der Waals surface area (Å²) in [6.45, 7) is 5.12. The van der Waals surface area contributed by atoms with Crippen LogP contribution in [0.1, 0.15) is 23.1 Å². The normalized spacial score (nSPS) is 18.6. The van der Waals surface area contributed by atoms with Crippen molar-refractivity contribution in [2.75, 3.05) is 19.8 Å². The van der Waals surface area contributed by atoms with Crippen molar-refractivity contribution in [3.05, 3.63) is 59.9 Å². The zero-order chi connectivity index (χ0) is 17.2. The number of rotatable bonds is 4. The fraction of sp³-hybridized carbons (Fsp3) is 0.389. The van der Waals surface area contributed by atoms with E-state index in [1.807, 2.05) is 52.9 Å². The summed E-state index contributed by atoms with van der Waals surface area (Å²) in [5, 5.41) is 8.79. The minimum Gasteiger partial charge on any atom is -0.378 e. The maximum Gasteiger partial charge on any atom is 0.151 e. The Bertz CT molecular complexity index is 821. The second-order valence-electron chi connectivity index (χ2n) is 6.32. The van der Waals surface area contributed by atoms with Gasteiger partial charge in [0.05, 0.1) is 36.8 Å². The van der Waals surface area contributed by atoms with Crippen LogP contribution >= 0.6 is 0 Å². The molecule has 4 rings (SSSR count). The van der Waals surface area contributed by atoms with Crippen LogP contribution in [0.15, 0.2) is 42.9 Å². The molecular formula is C18H22N6O. The minimum absolute atomic E-state index is 0.0609. The van der Waals surface area contributed by atoms with Crippen LogP contribution in [0.5, 0.6) is 0 Å². The van der Waals surface area contributed by atoms with Crippen LogP contribution in [0.2, 0.25) is 0 Å². The molecule has 0 amide bonds. The van der Waals surface area contributed by atoms with Crippen LogP contribution < -0.4 is 0 Å². The number of aromatic nitrogens is 5. The van der Waals surface area contributed by atoms with Crippen molar-refractivity contribution in [1.82, 2.24) is 29.4 Å². The van der Waals surface area contributed by atoms with E-state index in [9.17, 15) is 0 Å². The maximum atomic E-state index is 5.76. The highest BCUT2D eigenvalue weighted by molar-refractivity contribution is 5.31. The van der Waals surface area contributed by atoms with E-state index in [4.69, 9.17) is 4.74 Å². The molecule has 130 valence electrons. The van der Waals surface area contributed by atoms with Gasteiger partial charge >= 0.3 is 0 Å². The highest BCUT2D eigenvalue weighted by Gasteiger charge is 2.30. The number of ether oxygens (including phenoxy) is 1. The van der Waals surface area contributed by atoms with Gasteiger partial charge in [-0.15, -0.1) is 0 Å². The van der Waals surface area contributed by atoms with Gasteiger partial charge in [0.1, 0.15) is 6.33 Å². The molecule has 7 nitrogen and oxygen atoms in total. The van der Waals surface area contributed by atoms with E-state index in [-0.39, 0.29) is 6.04 Å². The fourth-order valence-electron chi connectivity index (χ4n) is 3.30. The van der Waals surface area contributed by atoms with Crippen molar-refractivity contribution >= 4 is 0 Å². The molecule has 2 aromatic heterocycles. The first-order valence-corrected chi connectivity index (χ1v) is 8.48. The number of para-hydroxylation sites is 1. The van der Waals surface area contributed by atoms with E-state index in [1.165, 1.54) is 11.3 Å². The number of nitrogens with zero attached hydrogens (tertiary/aromatic N) is 6. The van der Waals surface area contributed by atoms with Gasteiger partial charge in [-0.2, -0.15) is 10.2 Å².